The van der Waals surface area contributed by atoms with E-state index in [1.165, 1.54) is 6.08 Å². The Morgan fingerprint density at radius 3 is 2.88 bits per heavy atom. The van der Waals surface area contributed by atoms with Crippen LogP contribution in [0, 0.1) is 0 Å². The number of amides is 1. The van der Waals surface area contributed by atoms with Crippen LogP contribution in [0.3, 0.4) is 0 Å². The average molecular weight is 216 g/mol. The molecule has 0 spiro atoms. The van der Waals surface area contributed by atoms with Gasteiger partial charge in [0, 0.05) is 6.54 Å². The minimum Gasteiger partial charge on any atom is -0.351 e. The summed E-state index contributed by atoms with van der Waals surface area (Å²) in [5.41, 5.74) is 2.03. The molecular weight excluding hydrogens is 204 g/mol. The van der Waals surface area contributed by atoms with E-state index in [9.17, 15) is 9.59 Å². The summed E-state index contributed by atoms with van der Waals surface area (Å²) < 4.78 is 0. The van der Waals surface area contributed by atoms with Crippen LogP contribution in [0.2, 0.25) is 0 Å². The summed E-state index contributed by atoms with van der Waals surface area (Å²) in [6, 6.07) is 5.38. The van der Waals surface area contributed by atoms with E-state index < -0.39 is 5.41 Å². The van der Waals surface area contributed by atoms with Crippen LogP contribution >= 0.6 is 0 Å². The molecule has 1 aliphatic rings. The molecule has 0 saturated heterocycles. The second-order valence-electron chi connectivity index (χ2n) is 4.35. The molecule has 0 atom stereocenters. The zero-order valence-electron chi connectivity index (χ0n) is 9.20. The molecule has 1 N–H and O–H groups in total. The fourth-order valence-corrected chi connectivity index (χ4v) is 1.98. The first-order chi connectivity index (χ1) is 7.55. The van der Waals surface area contributed by atoms with E-state index in [4.69, 9.17) is 0 Å². The monoisotopic (exact) mass is 216 g/mol. The van der Waals surface area contributed by atoms with Crippen LogP contribution in [0.4, 0.5) is 5.69 Å². The van der Waals surface area contributed by atoms with Crippen molar-refractivity contribution in [3.63, 3.8) is 0 Å². The van der Waals surface area contributed by atoms with Crippen LogP contribution in [-0.4, -0.2) is 12.0 Å². The normalized spacial score (nSPS) is 17.0. The Balaban J connectivity index is 2.55. The smallest absolute Gasteiger partial charge is 0.240 e. The van der Waals surface area contributed by atoms with Crippen molar-refractivity contribution in [2.75, 3.05) is 0 Å². The molecular formula is C12H12N2O2. The summed E-state index contributed by atoms with van der Waals surface area (Å²) in [6.07, 6.45) is 1.51. The Morgan fingerprint density at radius 1 is 1.44 bits per heavy atom. The number of carbonyl (C=O) groups is 1. The van der Waals surface area contributed by atoms with Gasteiger partial charge in [0.15, 0.2) is 0 Å². The minimum atomic E-state index is -0.531. The Morgan fingerprint density at radius 2 is 2.19 bits per heavy atom. The van der Waals surface area contributed by atoms with Crippen LogP contribution < -0.4 is 5.32 Å². The van der Waals surface area contributed by atoms with Gasteiger partial charge < -0.3 is 5.32 Å². The highest BCUT2D eigenvalue weighted by Crippen LogP contribution is 2.32. The Kier molecular flexibility index (Phi) is 2.37. The van der Waals surface area contributed by atoms with Gasteiger partial charge in [-0.1, -0.05) is 6.07 Å². The van der Waals surface area contributed by atoms with Crippen molar-refractivity contribution in [1.82, 2.24) is 5.32 Å². The van der Waals surface area contributed by atoms with Gasteiger partial charge in [-0.3, -0.25) is 4.79 Å². The average Bonchev–Trinajstić information content (AvgIpc) is 2.24. The lowest BCUT2D eigenvalue weighted by atomic mass is 9.78. The molecule has 1 aromatic carbocycles. The SMILES string of the molecule is CC1(C)C(=O)NCc2cc(N=C=O)ccc21. The first kappa shape index (κ1) is 10.6. The topological polar surface area (TPSA) is 58.5 Å². The molecule has 82 valence electrons. The van der Waals surface area contributed by atoms with E-state index >= 15 is 0 Å². The fraction of sp³-hybridized carbons (Fsp3) is 0.333. The van der Waals surface area contributed by atoms with Crippen molar-refractivity contribution < 1.29 is 9.59 Å². The van der Waals surface area contributed by atoms with Gasteiger partial charge in [-0.2, -0.15) is 4.99 Å². The second kappa shape index (κ2) is 3.58. The van der Waals surface area contributed by atoms with Crippen molar-refractivity contribution >= 4 is 17.7 Å². The van der Waals surface area contributed by atoms with E-state index in [1.807, 2.05) is 19.9 Å². The van der Waals surface area contributed by atoms with Crippen molar-refractivity contribution in [3.05, 3.63) is 29.3 Å². The molecule has 16 heavy (non-hydrogen) atoms. The number of isocyanates is 1. The van der Waals surface area contributed by atoms with Crippen molar-refractivity contribution in [2.24, 2.45) is 4.99 Å². The van der Waals surface area contributed by atoms with Gasteiger partial charge in [0.25, 0.3) is 0 Å². The first-order valence-corrected chi connectivity index (χ1v) is 5.05. The van der Waals surface area contributed by atoms with E-state index in [0.29, 0.717) is 12.2 Å². The molecule has 4 heteroatoms. The zero-order valence-corrected chi connectivity index (χ0v) is 9.20. The predicted octanol–water partition coefficient (Wildman–Crippen LogP) is 1.56. The number of rotatable bonds is 1. The zero-order chi connectivity index (χ0) is 11.8. The van der Waals surface area contributed by atoms with E-state index in [1.54, 1.807) is 12.1 Å². The van der Waals surface area contributed by atoms with Crippen molar-refractivity contribution in [2.45, 2.75) is 25.8 Å². The number of aliphatic imine (C=N–C) groups is 1. The fourth-order valence-electron chi connectivity index (χ4n) is 1.98. The second-order valence-corrected chi connectivity index (χ2v) is 4.35. The summed E-state index contributed by atoms with van der Waals surface area (Å²) in [7, 11) is 0. The van der Waals surface area contributed by atoms with Gasteiger partial charge in [-0.05, 0) is 37.1 Å². The molecule has 0 radical (unpaired) electrons. The van der Waals surface area contributed by atoms with Crippen LogP contribution in [0.5, 0.6) is 0 Å². The van der Waals surface area contributed by atoms with Gasteiger partial charge in [0.2, 0.25) is 12.0 Å². The summed E-state index contributed by atoms with van der Waals surface area (Å²) in [5.74, 6) is 0.0200. The number of nitrogens with zero attached hydrogens (tertiary/aromatic N) is 1. The van der Waals surface area contributed by atoms with Crippen LogP contribution in [-0.2, 0) is 21.5 Å². The molecule has 0 unspecified atom stereocenters. The van der Waals surface area contributed by atoms with Gasteiger partial charge in [0.1, 0.15) is 0 Å². The third-order valence-electron chi connectivity index (χ3n) is 2.94. The number of benzene rings is 1. The van der Waals surface area contributed by atoms with Gasteiger partial charge >= 0.3 is 0 Å². The molecule has 1 aliphatic heterocycles. The highest BCUT2D eigenvalue weighted by molar-refractivity contribution is 5.89. The lowest BCUT2D eigenvalue weighted by molar-refractivity contribution is -0.126. The molecule has 0 bridgehead atoms. The molecule has 1 aromatic rings. The standard InChI is InChI=1S/C12H12N2O2/c1-12(2)10-4-3-9(14-7-15)5-8(10)6-13-11(12)16/h3-5H,6H2,1-2H3,(H,13,16). The molecule has 2 rings (SSSR count). The molecule has 0 aliphatic carbocycles. The summed E-state index contributed by atoms with van der Waals surface area (Å²) >= 11 is 0. The lowest BCUT2D eigenvalue weighted by Gasteiger charge is -2.31. The summed E-state index contributed by atoms with van der Waals surface area (Å²) in [6.45, 7) is 4.24. The highest BCUT2D eigenvalue weighted by atomic mass is 16.2. The molecule has 0 aromatic heterocycles. The van der Waals surface area contributed by atoms with E-state index in [0.717, 1.165) is 11.1 Å². The van der Waals surface area contributed by atoms with E-state index in [2.05, 4.69) is 10.3 Å². The van der Waals surface area contributed by atoms with Gasteiger partial charge in [-0.25, -0.2) is 4.79 Å². The number of hydrogen-bond donors (Lipinski definition) is 1. The van der Waals surface area contributed by atoms with Gasteiger partial charge in [0.05, 0.1) is 11.1 Å². The first-order valence-electron chi connectivity index (χ1n) is 5.05. The van der Waals surface area contributed by atoms with Crippen molar-refractivity contribution in [1.29, 1.82) is 0 Å². The minimum absolute atomic E-state index is 0.0200. The summed E-state index contributed by atoms with van der Waals surface area (Å²) in [5, 5.41) is 2.82. The molecule has 1 heterocycles. The molecule has 0 saturated carbocycles. The third kappa shape index (κ3) is 1.53. The summed E-state index contributed by atoms with van der Waals surface area (Å²) in [4.78, 5) is 25.4. The lowest BCUT2D eigenvalue weighted by Crippen LogP contribution is -2.44. The maximum absolute atomic E-state index is 11.7. The Labute approximate surface area is 93.4 Å². The van der Waals surface area contributed by atoms with E-state index in [-0.39, 0.29) is 5.91 Å². The van der Waals surface area contributed by atoms with Gasteiger partial charge in [-0.15, -0.1) is 0 Å². The maximum Gasteiger partial charge on any atom is 0.240 e. The largest absolute Gasteiger partial charge is 0.351 e. The van der Waals surface area contributed by atoms with Crippen LogP contribution in [0.25, 0.3) is 0 Å². The molecule has 4 nitrogen and oxygen atoms in total. The number of hydrogen-bond acceptors (Lipinski definition) is 3. The number of carbonyl (C=O) groups excluding carboxylic acids is 2. The molecule has 1 amide bonds. The quantitative estimate of drug-likeness (QED) is 0.572. The Hall–Kier alpha value is -1.93. The third-order valence-corrected chi connectivity index (χ3v) is 2.94. The van der Waals surface area contributed by atoms with Crippen LogP contribution in [0.1, 0.15) is 25.0 Å². The predicted molar refractivity (Wildman–Crippen MR) is 59.1 cm³/mol. The van der Waals surface area contributed by atoms with Crippen LogP contribution in [0.15, 0.2) is 23.2 Å². The molecule has 0 fully saturated rings. The number of nitrogens with one attached hydrogen (secondary N) is 1. The van der Waals surface area contributed by atoms with Crippen molar-refractivity contribution in [3.8, 4) is 0 Å². The number of fused-ring (bicyclic) bond motifs is 1. The maximum atomic E-state index is 11.7. The Bertz CT molecular complexity index is 500. The highest BCUT2D eigenvalue weighted by Gasteiger charge is 2.35.